The maximum Gasteiger partial charge on any atom is 0.191 e. The quantitative estimate of drug-likeness (QED) is 0.314. The number of ether oxygens (including phenoxy) is 2. The fourth-order valence-corrected chi connectivity index (χ4v) is 2.65. The largest absolute Gasteiger partial charge is 0.490 e. The predicted octanol–water partition coefficient (Wildman–Crippen LogP) is 4.67. The first-order valence-electron chi connectivity index (χ1n) is 9.18. The zero-order valence-corrected chi connectivity index (χ0v) is 19.1. The molecule has 0 spiro atoms. The van der Waals surface area contributed by atoms with Crippen LogP contribution in [-0.2, 0) is 6.54 Å². The van der Waals surface area contributed by atoms with Crippen molar-refractivity contribution in [1.82, 2.24) is 10.6 Å². The molecule has 0 saturated carbocycles. The van der Waals surface area contributed by atoms with Crippen molar-refractivity contribution in [2.24, 2.45) is 4.99 Å². The predicted molar refractivity (Wildman–Crippen MR) is 122 cm³/mol. The summed E-state index contributed by atoms with van der Waals surface area (Å²) in [6.45, 7) is 7.58. The Morgan fingerprint density at radius 3 is 2.43 bits per heavy atom. The van der Waals surface area contributed by atoms with E-state index in [1.807, 2.05) is 45.0 Å². The fourth-order valence-electron chi connectivity index (χ4n) is 2.65. The Balaban J connectivity index is 0.00000392. The third kappa shape index (κ3) is 7.18. The van der Waals surface area contributed by atoms with Gasteiger partial charge in [0.05, 0.1) is 19.3 Å². The molecule has 0 bridgehead atoms. The fraction of sp³-hybridized carbons (Fsp3) is 0.381. The molecule has 0 heterocycles. The van der Waals surface area contributed by atoms with E-state index in [2.05, 4.69) is 15.6 Å². The van der Waals surface area contributed by atoms with E-state index in [1.54, 1.807) is 13.1 Å². The summed E-state index contributed by atoms with van der Waals surface area (Å²) in [6, 6.07) is 12.4. The average molecular weight is 501 g/mol. The van der Waals surface area contributed by atoms with Crippen molar-refractivity contribution < 1.29 is 13.9 Å². The van der Waals surface area contributed by atoms with E-state index in [1.165, 1.54) is 12.1 Å². The van der Waals surface area contributed by atoms with Crippen LogP contribution < -0.4 is 20.1 Å². The van der Waals surface area contributed by atoms with E-state index in [-0.39, 0.29) is 35.8 Å². The van der Waals surface area contributed by atoms with Crippen LogP contribution in [-0.4, -0.2) is 26.2 Å². The van der Waals surface area contributed by atoms with E-state index in [0.29, 0.717) is 25.7 Å². The monoisotopic (exact) mass is 501 g/mol. The molecule has 0 amide bonds. The Labute approximate surface area is 183 Å². The molecule has 2 aromatic rings. The van der Waals surface area contributed by atoms with Gasteiger partial charge in [0.25, 0.3) is 0 Å². The number of benzene rings is 2. The summed E-state index contributed by atoms with van der Waals surface area (Å²) >= 11 is 0. The van der Waals surface area contributed by atoms with Gasteiger partial charge < -0.3 is 20.1 Å². The second-order valence-corrected chi connectivity index (χ2v) is 5.99. The topological polar surface area (TPSA) is 54.9 Å². The lowest BCUT2D eigenvalue weighted by atomic mass is 10.1. The Kier molecular flexibility index (Phi) is 10.7. The summed E-state index contributed by atoms with van der Waals surface area (Å²) in [4.78, 5) is 4.24. The number of nitrogens with zero attached hydrogens (tertiary/aromatic N) is 1. The van der Waals surface area contributed by atoms with Gasteiger partial charge in [0.1, 0.15) is 5.82 Å². The minimum atomic E-state index is -0.247. The van der Waals surface area contributed by atoms with Crippen molar-refractivity contribution in [2.45, 2.75) is 33.4 Å². The SMILES string of the molecule is CCOc1ccc(C(C)NC(=NC)NCc2cccc(F)c2)cc1OCC.I. The molecule has 1 unspecified atom stereocenters. The molecular formula is C21H29FIN3O2. The van der Waals surface area contributed by atoms with Crippen LogP contribution in [0.25, 0.3) is 0 Å². The second kappa shape index (κ2) is 12.4. The van der Waals surface area contributed by atoms with E-state index in [0.717, 1.165) is 22.6 Å². The molecule has 0 fully saturated rings. The van der Waals surface area contributed by atoms with Crippen LogP contribution >= 0.6 is 24.0 Å². The van der Waals surface area contributed by atoms with E-state index in [4.69, 9.17) is 9.47 Å². The van der Waals surface area contributed by atoms with Gasteiger partial charge in [-0.3, -0.25) is 4.99 Å². The third-order valence-electron chi connectivity index (χ3n) is 3.99. The van der Waals surface area contributed by atoms with Gasteiger partial charge in [0.2, 0.25) is 0 Å². The van der Waals surface area contributed by atoms with Crippen molar-refractivity contribution in [2.75, 3.05) is 20.3 Å². The van der Waals surface area contributed by atoms with Crippen molar-refractivity contribution in [3.05, 3.63) is 59.4 Å². The molecule has 2 aromatic carbocycles. The number of hydrogen-bond donors (Lipinski definition) is 2. The molecule has 7 heteroatoms. The summed E-state index contributed by atoms with van der Waals surface area (Å²) in [5.41, 5.74) is 1.90. The first-order chi connectivity index (χ1) is 13.1. The van der Waals surface area contributed by atoms with Crippen LogP contribution in [0, 0.1) is 5.82 Å². The number of guanidine groups is 1. The normalized spacial score (nSPS) is 12.0. The molecule has 5 nitrogen and oxygen atoms in total. The van der Waals surface area contributed by atoms with Gasteiger partial charge in [-0.1, -0.05) is 18.2 Å². The van der Waals surface area contributed by atoms with Crippen LogP contribution in [0.1, 0.15) is 37.9 Å². The molecule has 0 radical (unpaired) electrons. The molecule has 154 valence electrons. The van der Waals surface area contributed by atoms with Gasteiger partial charge in [-0.2, -0.15) is 0 Å². The number of hydrogen-bond acceptors (Lipinski definition) is 3. The van der Waals surface area contributed by atoms with Gasteiger partial charge >= 0.3 is 0 Å². The van der Waals surface area contributed by atoms with Crippen molar-refractivity contribution in [3.8, 4) is 11.5 Å². The maximum absolute atomic E-state index is 13.3. The number of rotatable bonds is 8. The molecule has 0 aliphatic rings. The van der Waals surface area contributed by atoms with E-state index in [9.17, 15) is 4.39 Å². The van der Waals surface area contributed by atoms with Crippen molar-refractivity contribution in [3.63, 3.8) is 0 Å². The van der Waals surface area contributed by atoms with Crippen LogP contribution in [0.15, 0.2) is 47.5 Å². The number of aliphatic imine (C=N–C) groups is 1. The molecule has 2 rings (SSSR count). The minimum absolute atomic E-state index is 0. The molecular weight excluding hydrogens is 472 g/mol. The molecule has 0 aliphatic heterocycles. The number of halogens is 2. The molecule has 28 heavy (non-hydrogen) atoms. The van der Waals surface area contributed by atoms with E-state index >= 15 is 0 Å². The average Bonchev–Trinajstić information content (AvgIpc) is 2.66. The summed E-state index contributed by atoms with van der Waals surface area (Å²) in [6.07, 6.45) is 0. The Morgan fingerprint density at radius 2 is 1.79 bits per heavy atom. The van der Waals surface area contributed by atoms with Crippen molar-refractivity contribution >= 4 is 29.9 Å². The number of nitrogens with one attached hydrogen (secondary N) is 2. The highest BCUT2D eigenvalue weighted by Crippen LogP contribution is 2.30. The molecule has 2 N–H and O–H groups in total. The summed E-state index contributed by atoms with van der Waals surface area (Å²) in [5.74, 6) is 1.86. The highest BCUT2D eigenvalue weighted by molar-refractivity contribution is 14.0. The first-order valence-corrected chi connectivity index (χ1v) is 9.18. The summed E-state index contributed by atoms with van der Waals surface area (Å²) in [5, 5.41) is 6.54. The van der Waals surface area contributed by atoms with Gasteiger partial charge in [0, 0.05) is 13.6 Å². The maximum atomic E-state index is 13.3. The second-order valence-electron chi connectivity index (χ2n) is 5.99. The Hall–Kier alpha value is -2.03. The van der Waals surface area contributed by atoms with Crippen LogP contribution in [0.5, 0.6) is 11.5 Å². The Morgan fingerprint density at radius 1 is 1.07 bits per heavy atom. The van der Waals surface area contributed by atoms with Gasteiger partial charge in [-0.05, 0) is 56.2 Å². The third-order valence-corrected chi connectivity index (χ3v) is 3.99. The molecule has 0 aromatic heterocycles. The lowest BCUT2D eigenvalue weighted by molar-refractivity contribution is 0.287. The lowest BCUT2D eigenvalue weighted by Gasteiger charge is -2.20. The van der Waals surface area contributed by atoms with Crippen LogP contribution in [0.2, 0.25) is 0 Å². The zero-order chi connectivity index (χ0) is 19.6. The molecule has 0 saturated heterocycles. The van der Waals surface area contributed by atoms with Gasteiger partial charge in [0.15, 0.2) is 17.5 Å². The molecule has 1 atom stereocenters. The smallest absolute Gasteiger partial charge is 0.191 e. The van der Waals surface area contributed by atoms with Gasteiger partial charge in [-0.15, -0.1) is 24.0 Å². The van der Waals surface area contributed by atoms with E-state index < -0.39 is 0 Å². The summed E-state index contributed by atoms with van der Waals surface area (Å²) in [7, 11) is 1.71. The lowest BCUT2D eigenvalue weighted by Crippen LogP contribution is -2.38. The highest BCUT2D eigenvalue weighted by atomic mass is 127. The first kappa shape index (κ1) is 24.0. The van der Waals surface area contributed by atoms with Gasteiger partial charge in [-0.25, -0.2) is 4.39 Å². The summed E-state index contributed by atoms with van der Waals surface area (Å²) < 4.78 is 24.6. The zero-order valence-electron chi connectivity index (χ0n) is 16.8. The van der Waals surface area contributed by atoms with Crippen LogP contribution in [0.4, 0.5) is 4.39 Å². The standard InChI is InChI=1S/C21H28FN3O2.HI/c1-5-26-19-11-10-17(13-20(19)27-6-2)15(3)25-21(23-4)24-14-16-8-7-9-18(22)12-16;/h7-13,15H,5-6,14H2,1-4H3,(H2,23,24,25);1H. The van der Waals surface area contributed by atoms with Crippen LogP contribution in [0.3, 0.4) is 0 Å². The highest BCUT2D eigenvalue weighted by Gasteiger charge is 2.12. The minimum Gasteiger partial charge on any atom is -0.490 e. The molecule has 0 aliphatic carbocycles. The Bertz CT molecular complexity index is 771. The van der Waals surface area contributed by atoms with Crippen molar-refractivity contribution in [1.29, 1.82) is 0 Å².